The molecule has 1 unspecified atom stereocenters. The van der Waals surface area contributed by atoms with Gasteiger partial charge in [0.15, 0.2) is 5.78 Å². The maximum Gasteiger partial charge on any atom is 0.169 e. The molecule has 0 aromatic carbocycles. The summed E-state index contributed by atoms with van der Waals surface area (Å²) in [4.78, 5) is 11.2. The summed E-state index contributed by atoms with van der Waals surface area (Å²) in [5.41, 5.74) is -1.22. The molecule has 0 aromatic heterocycles. The Morgan fingerprint density at radius 3 is 2.64 bits per heavy atom. The van der Waals surface area contributed by atoms with Crippen LogP contribution in [0.15, 0.2) is 0 Å². The van der Waals surface area contributed by atoms with Crippen LogP contribution in [-0.4, -0.2) is 29.7 Å². The molecule has 1 aliphatic rings. The van der Waals surface area contributed by atoms with Crippen LogP contribution in [0, 0.1) is 5.92 Å². The van der Waals surface area contributed by atoms with Crippen LogP contribution in [0.25, 0.3) is 0 Å². The van der Waals surface area contributed by atoms with Crippen molar-refractivity contribution in [2.75, 3.05) is 13.2 Å². The van der Waals surface area contributed by atoms with Crippen molar-refractivity contribution in [2.24, 2.45) is 5.92 Å². The average Bonchev–Trinajstić information content (AvgIpc) is 1.95. The number of carbonyl (C=O) groups excluding carboxylic acids is 1. The quantitative estimate of drug-likeness (QED) is 0.599. The van der Waals surface area contributed by atoms with Gasteiger partial charge >= 0.3 is 0 Å². The first-order chi connectivity index (χ1) is 5.07. The third-order valence-corrected chi connectivity index (χ3v) is 2.23. The maximum atomic E-state index is 11.2. The molecule has 0 saturated carbocycles. The third-order valence-electron chi connectivity index (χ3n) is 2.23. The zero-order valence-corrected chi connectivity index (χ0v) is 6.96. The molecule has 1 fully saturated rings. The number of ketones is 1. The Bertz CT molecular complexity index is 165. The van der Waals surface area contributed by atoms with Crippen molar-refractivity contribution in [3.63, 3.8) is 0 Å². The second-order valence-electron chi connectivity index (χ2n) is 3.30. The molecule has 3 nitrogen and oxygen atoms in total. The summed E-state index contributed by atoms with van der Waals surface area (Å²) in [5.74, 6) is -0.144. The van der Waals surface area contributed by atoms with Crippen LogP contribution < -0.4 is 0 Å². The SMILES string of the molecule is CC(C)C1(O)COCCC1=O. The minimum atomic E-state index is -1.22. The smallest absolute Gasteiger partial charge is 0.169 e. The minimum absolute atomic E-state index is 0.0599. The lowest BCUT2D eigenvalue weighted by Crippen LogP contribution is -2.51. The summed E-state index contributed by atoms with van der Waals surface area (Å²) in [7, 11) is 0. The second-order valence-corrected chi connectivity index (χ2v) is 3.30. The van der Waals surface area contributed by atoms with Crippen molar-refractivity contribution in [2.45, 2.75) is 25.9 Å². The molecule has 0 aliphatic carbocycles. The van der Waals surface area contributed by atoms with Gasteiger partial charge < -0.3 is 9.84 Å². The Hall–Kier alpha value is -0.410. The Morgan fingerprint density at radius 1 is 1.64 bits per heavy atom. The predicted molar refractivity (Wildman–Crippen MR) is 40.2 cm³/mol. The molecule has 1 saturated heterocycles. The van der Waals surface area contributed by atoms with Crippen molar-refractivity contribution < 1.29 is 14.6 Å². The molecule has 1 N–H and O–H groups in total. The van der Waals surface area contributed by atoms with Gasteiger partial charge in [-0.25, -0.2) is 0 Å². The lowest BCUT2D eigenvalue weighted by Gasteiger charge is -2.33. The largest absolute Gasteiger partial charge is 0.379 e. The van der Waals surface area contributed by atoms with Crippen molar-refractivity contribution in [3.8, 4) is 0 Å². The Balaban J connectivity index is 2.73. The van der Waals surface area contributed by atoms with Gasteiger partial charge in [0.2, 0.25) is 0 Å². The van der Waals surface area contributed by atoms with Gasteiger partial charge in [-0.15, -0.1) is 0 Å². The number of hydrogen-bond acceptors (Lipinski definition) is 3. The Kier molecular flexibility index (Phi) is 2.30. The molecule has 0 aromatic rings. The van der Waals surface area contributed by atoms with Gasteiger partial charge in [-0.2, -0.15) is 0 Å². The maximum absolute atomic E-state index is 11.2. The molecule has 1 atom stereocenters. The highest BCUT2D eigenvalue weighted by atomic mass is 16.5. The fourth-order valence-electron chi connectivity index (χ4n) is 1.18. The van der Waals surface area contributed by atoms with E-state index in [2.05, 4.69) is 0 Å². The van der Waals surface area contributed by atoms with Crippen LogP contribution in [0.4, 0.5) is 0 Å². The third kappa shape index (κ3) is 1.44. The zero-order chi connectivity index (χ0) is 8.48. The summed E-state index contributed by atoms with van der Waals surface area (Å²) in [6, 6.07) is 0. The Morgan fingerprint density at radius 2 is 2.27 bits per heavy atom. The molecule has 1 heterocycles. The molecule has 11 heavy (non-hydrogen) atoms. The molecular weight excluding hydrogens is 144 g/mol. The van der Waals surface area contributed by atoms with Crippen molar-refractivity contribution in [1.82, 2.24) is 0 Å². The summed E-state index contributed by atoms with van der Waals surface area (Å²) in [5, 5.41) is 9.74. The number of carbonyl (C=O) groups is 1. The molecular formula is C8H14O3. The van der Waals surface area contributed by atoms with Crippen molar-refractivity contribution >= 4 is 5.78 Å². The van der Waals surface area contributed by atoms with Crippen LogP contribution in [0.5, 0.6) is 0 Å². The van der Waals surface area contributed by atoms with E-state index >= 15 is 0 Å². The van der Waals surface area contributed by atoms with E-state index in [-0.39, 0.29) is 18.3 Å². The highest BCUT2D eigenvalue weighted by molar-refractivity contribution is 5.88. The van der Waals surface area contributed by atoms with Gasteiger partial charge in [-0.1, -0.05) is 13.8 Å². The number of ether oxygens (including phenoxy) is 1. The standard InChI is InChI=1S/C8H14O3/c1-6(2)8(10)5-11-4-3-7(8)9/h6,10H,3-5H2,1-2H3. The van der Waals surface area contributed by atoms with E-state index in [1.165, 1.54) is 0 Å². The van der Waals surface area contributed by atoms with Crippen molar-refractivity contribution in [1.29, 1.82) is 0 Å². The van der Waals surface area contributed by atoms with E-state index in [9.17, 15) is 9.90 Å². The lowest BCUT2D eigenvalue weighted by atomic mass is 9.84. The lowest BCUT2D eigenvalue weighted by molar-refractivity contribution is -0.161. The predicted octanol–water partition coefficient (Wildman–Crippen LogP) is 0.363. The molecule has 1 aliphatic heterocycles. The second kappa shape index (κ2) is 2.91. The van der Waals surface area contributed by atoms with Crippen molar-refractivity contribution in [3.05, 3.63) is 0 Å². The zero-order valence-electron chi connectivity index (χ0n) is 6.96. The van der Waals surface area contributed by atoms with E-state index in [4.69, 9.17) is 4.74 Å². The van der Waals surface area contributed by atoms with Gasteiger partial charge in [-0.05, 0) is 5.92 Å². The van der Waals surface area contributed by atoms with Gasteiger partial charge in [0.25, 0.3) is 0 Å². The van der Waals surface area contributed by atoms with Gasteiger partial charge in [0.05, 0.1) is 13.2 Å². The molecule has 0 radical (unpaired) electrons. The summed E-state index contributed by atoms with van der Waals surface area (Å²) < 4.78 is 5.05. The summed E-state index contributed by atoms with van der Waals surface area (Å²) in [6.07, 6.45) is 0.342. The van der Waals surface area contributed by atoms with E-state index in [0.29, 0.717) is 13.0 Å². The summed E-state index contributed by atoms with van der Waals surface area (Å²) in [6.45, 7) is 4.26. The van der Waals surface area contributed by atoms with Gasteiger partial charge in [0, 0.05) is 6.42 Å². The molecule has 0 spiro atoms. The first-order valence-corrected chi connectivity index (χ1v) is 3.91. The first-order valence-electron chi connectivity index (χ1n) is 3.91. The van der Waals surface area contributed by atoms with Gasteiger partial charge in [0.1, 0.15) is 5.60 Å². The monoisotopic (exact) mass is 158 g/mol. The first kappa shape index (κ1) is 8.68. The fraction of sp³-hybridized carbons (Fsp3) is 0.875. The number of rotatable bonds is 1. The van der Waals surface area contributed by atoms with E-state index in [0.717, 1.165) is 0 Å². The highest BCUT2D eigenvalue weighted by Crippen LogP contribution is 2.23. The normalized spacial score (nSPS) is 32.9. The molecule has 0 amide bonds. The van der Waals surface area contributed by atoms with E-state index in [1.807, 2.05) is 13.8 Å². The number of hydrogen-bond donors (Lipinski definition) is 1. The molecule has 64 valence electrons. The number of Topliss-reactive ketones (excluding diaryl/α,β-unsaturated/α-hetero) is 1. The molecule has 1 rings (SSSR count). The molecule has 3 heteroatoms. The van der Waals surface area contributed by atoms with Crippen LogP contribution in [0.3, 0.4) is 0 Å². The average molecular weight is 158 g/mol. The molecule has 0 bridgehead atoms. The topological polar surface area (TPSA) is 46.5 Å². The number of aliphatic hydroxyl groups is 1. The fourth-order valence-corrected chi connectivity index (χ4v) is 1.18. The van der Waals surface area contributed by atoms with Crippen LogP contribution in [-0.2, 0) is 9.53 Å². The minimum Gasteiger partial charge on any atom is -0.379 e. The van der Waals surface area contributed by atoms with Gasteiger partial charge in [-0.3, -0.25) is 4.79 Å². The Labute approximate surface area is 66.4 Å². The van der Waals surface area contributed by atoms with Crippen LogP contribution in [0.2, 0.25) is 0 Å². The highest BCUT2D eigenvalue weighted by Gasteiger charge is 2.41. The van der Waals surface area contributed by atoms with Crippen LogP contribution >= 0.6 is 0 Å². The summed E-state index contributed by atoms with van der Waals surface area (Å²) >= 11 is 0. The van der Waals surface area contributed by atoms with E-state index < -0.39 is 5.60 Å². The van der Waals surface area contributed by atoms with E-state index in [1.54, 1.807) is 0 Å². The van der Waals surface area contributed by atoms with Crippen LogP contribution in [0.1, 0.15) is 20.3 Å².